The van der Waals surface area contributed by atoms with Gasteiger partial charge in [0, 0.05) is 18.1 Å². The number of rotatable bonds is 10. The standard InChI is InChI=1S/C23H33NOS.C2H2O4/c1-3-24(4-2)14-16-26-18-20(17-21-11-8-15-25-21)23-13-7-10-19-9-5-6-12-22(19)23;3-1(4)2(5)6/h5-7,9-10,12-13,20-21H,3-4,8,11,14-18H2,1-2H3;(H,3,4)(H,5,6). The van der Waals surface area contributed by atoms with Crippen molar-refractivity contribution in [1.82, 2.24) is 0 Å². The van der Waals surface area contributed by atoms with Gasteiger partial charge in [-0.1, -0.05) is 42.5 Å². The topological polar surface area (TPSA) is 91.1 Å². The van der Waals surface area contributed by atoms with E-state index in [1.807, 2.05) is 0 Å². The van der Waals surface area contributed by atoms with Crippen molar-refractivity contribution in [3.63, 3.8) is 0 Å². The number of hydrogen-bond donors (Lipinski definition) is 2. The van der Waals surface area contributed by atoms with Gasteiger partial charge in [-0.05, 0) is 55.4 Å². The molecule has 0 radical (unpaired) electrons. The molecule has 0 bridgehead atoms. The van der Waals surface area contributed by atoms with Crippen LogP contribution in [-0.2, 0) is 14.3 Å². The van der Waals surface area contributed by atoms with Gasteiger partial charge in [-0.25, -0.2) is 4.79 Å². The van der Waals surface area contributed by atoms with Crippen LogP contribution in [0, 0.1) is 0 Å². The summed E-state index contributed by atoms with van der Waals surface area (Å²) < 4.78 is 5.98. The van der Waals surface area contributed by atoms with E-state index in [-0.39, 0.29) is 0 Å². The number of carbonyl (C=O) groups excluding carboxylic acids is 1. The van der Waals surface area contributed by atoms with Crippen molar-refractivity contribution in [3.05, 3.63) is 48.0 Å². The second kappa shape index (κ2) is 14.1. The number of aliphatic carboxylic acids is 2. The van der Waals surface area contributed by atoms with E-state index in [4.69, 9.17) is 24.5 Å². The Hall–Kier alpha value is -2.09. The number of thioether (sulfide) groups is 1. The largest absolute Gasteiger partial charge is 0.539 e. The highest BCUT2D eigenvalue weighted by molar-refractivity contribution is 7.99. The third-order valence-electron chi connectivity index (χ3n) is 5.93. The van der Waals surface area contributed by atoms with Crippen molar-refractivity contribution >= 4 is 34.5 Å². The van der Waals surface area contributed by atoms with E-state index in [0.29, 0.717) is 12.0 Å². The van der Waals surface area contributed by atoms with Crippen molar-refractivity contribution < 1.29 is 29.4 Å². The van der Waals surface area contributed by atoms with Gasteiger partial charge in [0.25, 0.3) is 0 Å². The predicted octanol–water partition coefficient (Wildman–Crippen LogP) is 1.97. The first-order valence-electron chi connectivity index (χ1n) is 11.4. The number of carboxylic acids is 2. The van der Waals surface area contributed by atoms with Crippen LogP contribution in [-0.4, -0.2) is 60.9 Å². The summed E-state index contributed by atoms with van der Waals surface area (Å²) in [6.45, 7) is 9.28. The Bertz CT molecular complexity index is 832. The van der Waals surface area contributed by atoms with Crippen LogP contribution in [0.4, 0.5) is 0 Å². The number of nitrogens with one attached hydrogen (secondary N) is 1. The zero-order valence-electron chi connectivity index (χ0n) is 19.0. The molecular formula is C25H35NO5S. The first kappa shape index (κ1) is 26.2. The van der Waals surface area contributed by atoms with Gasteiger partial charge in [-0.3, -0.25) is 0 Å². The first-order chi connectivity index (χ1) is 15.5. The van der Waals surface area contributed by atoms with E-state index in [1.165, 1.54) is 66.7 Å². The summed E-state index contributed by atoms with van der Waals surface area (Å²) >= 11 is 2.13. The molecule has 0 aliphatic carbocycles. The molecule has 2 atom stereocenters. The van der Waals surface area contributed by atoms with Gasteiger partial charge in [0.15, 0.2) is 5.97 Å². The van der Waals surface area contributed by atoms with Gasteiger partial charge in [-0.2, -0.15) is 11.8 Å². The van der Waals surface area contributed by atoms with Gasteiger partial charge >= 0.3 is 5.97 Å². The predicted molar refractivity (Wildman–Crippen MR) is 127 cm³/mol. The maximum atomic E-state index is 9.04. The molecular weight excluding hydrogens is 426 g/mol. The van der Waals surface area contributed by atoms with Gasteiger partial charge in [0.05, 0.1) is 25.7 Å². The Morgan fingerprint density at radius 2 is 1.88 bits per heavy atom. The van der Waals surface area contributed by atoms with Crippen molar-refractivity contribution in [2.75, 3.05) is 37.7 Å². The number of hydrogen-bond acceptors (Lipinski definition) is 5. The summed E-state index contributed by atoms with van der Waals surface area (Å²) in [4.78, 5) is 19.7. The van der Waals surface area contributed by atoms with E-state index in [2.05, 4.69) is 68.1 Å². The zero-order valence-corrected chi connectivity index (χ0v) is 19.9. The van der Waals surface area contributed by atoms with E-state index in [0.717, 1.165) is 6.61 Å². The minimum absolute atomic E-state index is 0.452. The summed E-state index contributed by atoms with van der Waals surface area (Å²) in [5, 5.41) is 19.1. The molecule has 3 rings (SSSR count). The Kier molecular flexibility index (Phi) is 11.6. The minimum Gasteiger partial charge on any atom is -0.539 e. The van der Waals surface area contributed by atoms with E-state index < -0.39 is 11.9 Å². The molecule has 1 aliphatic heterocycles. The average Bonchev–Trinajstić information content (AvgIpc) is 3.31. The number of quaternary nitrogens is 1. The highest BCUT2D eigenvalue weighted by atomic mass is 32.2. The minimum atomic E-state index is -2.07. The maximum Gasteiger partial charge on any atom is 0.351 e. The molecule has 176 valence electrons. The molecule has 1 saturated heterocycles. The third-order valence-corrected chi connectivity index (χ3v) is 7.06. The lowest BCUT2D eigenvalue weighted by molar-refractivity contribution is -0.893. The van der Waals surface area contributed by atoms with Crippen molar-refractivity contribution in [1.29, 1.82) is 0 Å². The lowest BCUT2D eigenvalue weighted by atomic mass is 9.90. The molecule has 1 fully saturated rings. The highest BCUT2D eigenvalue weighted by Gasteiger charge is 2.23. The number of carbonyl (C=O) groups is 2. The zero-order chi connectivity index (χ0) is 23.3. The number of benzene rings is 2. The molecule has 0 aromatic heterocycles. The summed E-state index contributed by atoms with van der Waals surface area (Å²) in [5.41, 5.74) is 1.52. The van der Waals surface area contributed by atoms with Crippen molar-refractivity contribution in [2.45, 2.75) is 45.1 Å². The van der Waals surface area contributed by atoms with Gasteiger partial charge in [-0.15, -0.1) is 0 Å². The molecule has 2 aromatic rings. The van der Waals surface area contributed by atoms with E-state index in [1.54, 1.807) is 4.90 Å². The lowest BCUT2D eigenvalue weighted by Gasteiger charge is -2.23. The van der Waals surface area contributed by atoms with Crippen LogP contribution >= 0.6 is 11.8 Å². The van der Waals surface area contributed by atoms with Crippen LogP contribution < -0.4 is 10.0 Å². The van der Waals surface area contributed by atoms with Crippen molar-refractivity contribution in [3.8, 4) is 0 Å². The Morgan fingerprint density at radius 3 is 2.50 bits per heavy atom. The molecule has 6 nitrogen and oxygen atoms in total. The second-order valence-electron chi connectivity index (χ2n) is 8.01. The molecule has 2 aromatic carbocycles. The van der Waals surface area contributed by atoms with E-state index in [9.17, 15) is 0 Å². The second-order valence-corrected chi connectivity index (χ2v) is 9.16. The van der Waals surface area contributed by atoms with Crippen LogP contribution in [0.3, 0.4) is 0 Å². The molecule has 2 N–H and O–H groups in total. The molecule has 1 heterocycles. The van der Waals surface area contributed by atoms with Crippen LogP contribution in [0.1, 0.15) is 44.6 Å². The third kappa shape index (κ3) is 8.45. The Morgan fingerprint density at radius 1 is 1.19 bits per heavy atom. The summed E-state index contributed by atoms with van der Waals surface area (Å²) in [6, 6.07) is 15.6. The SMILES string of the molecule is CC[NH+](CC)CCSCC(CC1CCCO1)c1cccc2ccccc12.O=C([O-])C(=O)O. The fraction of sp³-hybridized carbons (Fsp3) is 0.520. The molecule has 0 saturated carbocycles. The molecule has 32 heavy (non-hydrogen) atoms. The number of fused-ring (bicyclic) bond motifs is 1. The lowest BCUT2D eigenvalue weighted by Crippen LogP contribution is -3.11. The number of ether oxygens (including phenoxy) is 1. The highest BCUT2D eigenvalue weighted by Crippen LogP contribution is 2.34. The normalized spacial score (nSPS) is 16.5. The van der Waals surface area contributed by atoms with Crippen LogP contribution in [0.15, 0.2) is 42.5 Å². The fourth-order valence-corrected chi connectivity index (χ4v) is 5.28. The molecule has 1 aliphatic rings. The smallest absolute Gasteiger partial charge is 0.351 e. The molecule has 7 heteroatoms. The van der Waals surface area contributed by atoms with Crippen LogP contribution in [0.25, 0.3) is 10.8 Å². The monoisotopic (exact) mass is 461 g/mol. The van der Waals surface area contributed by atoms with Crippen molar-refractivity contribution in [2.24, 2.45) is 0 Å². The summed E-state index contributed by atoms with van der Waals surface area (Å²) in [5.74, 6) is -0.968. The summed E-state index contributed by atoms with van der Waals surface area (Å²) in [6.07, 6.45) is 4.08. The summed E-state index contributed by atoms with van der Waals surface area (Å²) in [7, 11) is 0. The van der Waals surface area contributed by atoms with Gasteiger partial charge in [0.2, 0.25) is 0 Å². The first-order valence-corrected chi connectivity index (χ1v) is 12.6. The molecule has 0 amide bonds. The Labute approximate surface area is 194 Å². The molecule has 2 unspecified atom stereocenters. The van der Waals surface area contributed by atoms with Gasteiger partial charge < -0.3 is 24.6 Å². The van der Waals surface area contributed by atoms with Crippen LogP contribution in [0.5, 0.6) is 0 Å². The fourth-order valence-electron chi connectivity index (χ4n) is 4.08. The van der Waals surface area contributed by atoms with E-state index >= 15 is 0 Å². The maximum absolute atomic E-state index is 9.04. The average molecular weight is 462 g/mol. The van der Waals surface area contributed by atoms with Crippen LogP contribution in [0.2, 0.25) is 0 Å². The van der Waals surface area contributed by atoms with Gasteiger partial charge in [0.1, 0.15) is 0 Å². The quantitative estimate of drug-likeness (QED) is 0.415. The Balaban J connectivity index is 0.000000534. The number of carboxylic acid groups (broad SMARTS) is 2. The molecule has 0 spiro atoms.